The lowest BCUT2D eigenvalue weighted by atomic mass is 9.79. The Morgan fingerprint density at radius 3 is 2.60 bits per heavy atom. The Labute approximate surface area is 149 Å². The average molecular weight is 334 g/mol. The first-order valence-electron chi connectivity index (χ1n) is 9.27. The monoisotopic (exact) mass is 334 g/mol. The highest BCUT2D eigenvalue weighted by Gasteiger charge is 2.40. The number of aliphatic imine (C=N–C) groups is 1. The molecule has 4 rings (SSSR count). The number of hydrogen-bond acceptors (Lipinski definition) is 4. The van der Waals surface area contributed by atoms with Crippen molar-refractivity contribution in [2.24, 2.45) is 4.99 Å². The van der Waals surface area contributed by atoms with Gasteiger partial charge in [-0.1, -0.05) is 49.6 Å². The van der Waals surface area contributed by atoms with E-state index in [1.54, 1.807) is 0 Å². The molecule has 1 saturated carbocycles. The predicted octanol–water partition coefficient (Wildman–Crippen LogP) is 4.68. The molecule has 2 aliphatic rings. The van der Waals surface area contributed by atoms with Gasteiger partial charge in [-0.25, -0.2) is 4.99 Å². The normalized spacial score (nSPS) is 18.0. The zero-order chi connectivity index (χ0) is 17.1. The van der Waals surface area contributed by atoms with Gasteiger partial charge >= 0.3 is 0 Å². The quantitative estimate of drug-likeness (QED) is 0.764. The molecule has 130 valence electrons. The number of nitrogens with zero attached hydrogens (tertiary/aromatic N) is 1. The van der Waals surface area contributed by atoms with Crippen LogP contribution >= 0.6 is 0 Å². The summed E-state index contributed by atoms with van der Waals surface area (Å²) >= 11 is 0. The molecule has 3 N–H and O–H groups in total. The van der Waals surface area contributed by atoms with Crippen LogP contribution in [0.2, 0.25) is 0 Å². The second-order valence-electron chi connectivity index (χ2n) is 7.01. The summed E-state index contributed by atoms with van der Waals surface area (Å²) in [6, 6.07) is 16.8. The molecule has 1 spiro atoms. The van der Waals surface area contributed by atoms with Gasteiger partial charge in [-0.15, -0.1) is 0 Å². The number of rotatable bonds is 3. The molecule has 1 aliphatic heterocycles. The van der Waals surface area contributed by atoms with E-state index in [1.807, 2.05) is 7.05 Å². The van der Waals surface area contributed by atoms with Gasteiger partial charge in [-0.05, 0) is 36.6 Å². The Morgan fingerprint density at radius 1 is 1.00 bits per heavy atom. The van der Waals surface area contributed by atoms with Crippen molar-refractivity contribution in [3.63, 3.8) is 0 Å². The van der Waals surface area contributed by atoms with E-state index >= 15 is 0 Å². The minimum Gasteiger partial charge on any atom is -0.388 e. The van der Waals surface area contributed by atoms with Gasteiger partial charge in [0.05, 0.1) is 16.9 Å². The first-order valence-corrected chi connectivity index (χ1v) is 9.27. The molecule has 0 amide bonds. The van der Waals surface area contributed by atoms with Gasteiger partial charge in [-0.3, -0.25) is 0 Å². The minimum absolute atomic E-state index is 0.0405. The van der Waals surface area contributed by atoms with E-state index in [0.29, 0.717) is 0 Å². The number of amidine groups is 1. The third-order valence-corrected chi connectivity index (χ3v) is 5.40. The Morgan fingerprint density at radius 2 is 1.76 bits per heavy atom. The molecular weight excluding hydrogens is 308 g/mol. The summed E-state index contributed by atoms with van der Waals surface area (Å²) in [6.07, 6.45) is 6.11. The Hall–Kier alpha value is -2.49. The first kappa shape index (κ1) is 16.0. The second kappa shape index (κ2) is 6.79. The molecule has 2 aromatic carbocycles. The maximum absolute atomic E-state index is 5.02. The molecule has 0 saturated heterocycles. The molecule has 0 unspecified atom stereocenters. The molecule has 1 fully saturated rings. The van der Waals surface area contributed by atoms with E-state index in [0.717, 1.165) is 42.3 Å². The Kier molecular flexibility index (Phi) is 4.35. The summed E-state index contributed by atoms with van der Waals surface area (Å²) in [4.78, 5) is 5.02. The van der Waals surface area contributed by atoms with Gasteiger partial charge < -0.3 is 16.0 Å². The molecular formula is C21H26N4. The zero-order valence-electron chi connectivity index (χ0n) is 14.8. The predicted molar refractivity (Wildman–Crippen MR) is 106 cm³/mol. The first-order chi connectivity index (χ1) is 12.3. The fourth-order valence-electron chi connectivity index (χ4n) is 4.04. The average Bonchev–Trinajstić information content (AvgIpc) is 2.67. The van der Waals surface area contributed by atoms with Crippen LogP contribution in [-0.4, -0.2) is 18.4 Å². The smallest absolute Gasteiger partial charge is 0.128 e. The van der Waals surface area contributed by atoms with Crippen LogP contribution in [0.4, 0.5) is 17.1 Å². The zero-order valence-corrected chi connectivity index (χ0v) is 14.8. The maximum atomic E-state index is 5.02. The van der Waals surface area contributed by atoms with E-state index in [4.69, 9.17) is 4.99 Å². The fourth-order valence-corrected chi connectivity index (χ4v) is 4.04. The van der Waals surface area contributed by atoms with Crippen LogP contribution in [0.3, 0.4) is 0 Å². The molecule has 1 aliphatic carbocycles. The molecule has 0 bridgehead atoms. The van der Waals surface area contributed by atoms with Crippen molar-refractivity contribution in [2.75, 3.05) is 17.7 Å². The van der Waals surface area contributed by atoms with Crippen molar-refractivity contribution in [2.45, 2.75) is 44.2 Å². The highest BCUT2D eigenvalue weighted by atomic mass is 15.2. The van der Waals surface area contributed by atoms with Crippen LogP contribution in [0.5, 0.6) is 0 Å². The van der Waals surface area contributed by atoms with E-state index < -0.39 is 0 Å². The largest absolute Gasteiger partial charge is 0.388 e. The summed E-state index contributed by atoms with van der Waals surface area (Å²) in [5, 5.41) is 10.8. The van der Waals surface area contributed by atoms with Gasteiger partial charge in [0.15, 0.2) is 0 Å². The molecule has 25 heavy (non-hydrogen) atoms. The number of anilines is 2. The van der Waals surface area contributed by atoms with Crippen LogP contribution in [0.25, 0.3) is 0 Å². The molecule has 0 aromatic heterocycles. The molecule has 0 atom stereocenters. The van der Waals surface area contributed by atoms with Gasteiger partial charge in [0.1, 0.15) is 5.84 Å². The van der Waals surface area contributed by atoms with Gasteiger partial charge in [-0.2, -0.15) is 0 Å². The standard InChI is InChI=1S/C21H26N4/c1-22-17-10-4-3-9-16(17)15-23-20-21(13-7-2-8-14-21)25-19-12-6-5-11-18(19)24-20/h3-6,9-12,22,25H,2,7-8,13-15H2,1H3,(H,23,24). The number of hydrogen-bond donors (Lipinski definition) is 3. The van der Waals surface area contributed by atoms with Crippen molar-refractivity contribution in [1.82, 2.24) is 5.32 Å². The molecule has 4 nitrogen and oxygen atoms in total. The van der Waals surface area contributed by atoms with Crippen molar-refractivity contribution < 1.29 is 0 Å². The topological polar surface area (TPSA) is 48.5 Å². The third kappa shape index (κ3) is 3.09. The number of para-hydroxylation sites is 3. The lowest BCUT2D eigenvalue weighted by molar-refractivity contribution is 0.396. The number of nitrogens with one attached hydrogen (secondary N) is 3. The molecule has 0 radical (unpaired) electrons. The lowest BCUT2D eigenvalue weighted by Crippen LogP contribution is -2.54. The van der Waals surface area contributed by atoms with E-state index in [2.05, 4.69) is 64.5 Å². The Bertz CT molecular complexity index is 775. The van der Waals surface area contributed by atoms with Crippen LogP contribution < -0.4 is 16.0 Å². The Balaban J connectivity index is 1.63. The van der Waals surface area contributed by atoms with Crippen molar-refractivity contribution >= 4 is 22.9 Å². The minimum atomic E-state index is -0.0405. The lowest BCUT2D eigenvalue weighted by Gasteiger charge is -2.42. The van der Waals surface area contributed by atoms with Crippen LogP contribution in [-0.2, 0) is 6.54 Å². The highest BCUT2D eigenvalue weighted by molar-refractivity contribution is 6.00. The SMILES string of the molecule is CNc1ccccc1CNC1=Nc2ccccc2NC12CCCCC2. The van der Waals surface area contributed by atoms with E-state index in [1.165, 1.54) is 24.8 Å². The number of fused-ring (bicyclic) bond motifs is 1. The van der Waals surface area contributed by atoms with Gasteiger partial charge in [0, 0.05) is 19.3 Å². The van der Waals surface area contributed by atoms with Gasteiger partial charge in [0.2, 0.25) is 0 Å². The number of benzene rings is 2. The fraction of sp³-hybridized carbons (Fsp3) is 0.381. The molecule has 2 aromatic rings. The highest BCUT2D eigenvalue weighted by Crippen LogP contribution is 2.40. The van der Waals surface area contributed by atoms with Crippen LogP contribution in [0.1, 0.15) is 37.7 Å². The molecule has 4 heteroatoms. The summed E-state index contributed by atoms with van der Waals surface area (Å²) in [5.41, 5.74) is 4.57. The summed E-state index contributed by atoms with van der Waals surface area (Å²) in [6.45, 7) is 0.779. The van der Waals surface area contributed by atoms with Crippen LogP contribution in [0, 0.1) is 0 Å². The summed E-state index contributed by atoms with van der Waals surface area (Å²) in [7, 11) is 1.97. The van der Waals surface area contributed by atoms with Crippen molar-refractivity contribution in [3.05, 3.63) is 54.1 Å². The molecule has 1 heterocycles. The second-order valence-corrected chi connectivity index (χ2v) is 7.01. The summed E-state index contributed by atoms with van der Waals surface area (Å²) in [5.74, 6) is 1.09. The summed E-state index contributed by atoms with van der Waals surface area (Å²) < 4.78 is 0. The third-order valence-electron chi connectivity index (χ3n) is 5.40. The van der Waals surface area contributed by atoms with Crippen LogP contribution in [0.15, 0.2) is 53.5 Å². The van der Waals surface area contributed by atoms with Crippen molar-refractivity contribution in [3.8, 4) is 0 Å². The van der Waals surface area contributed by atoms with E-state index in [-0.39, 0.29) is 5.54 Å². The maximum Gasteiger partial charge on any atom is 0.128 e. The van der Waals surface area contributed by atoms with Crippen molar-refractivity contribution in [1.29, 1.82) is 0 Å². The van der Waals surface area contributed by atoms with E-state index in [9.17, 15) is 0 Å². The van der Waals surface area contributed by atoms with Gasteiger partial charge in [0.25, 0.3) is 0 Å².